The molecule has 0 aliphatic heterocycles. The van der Waals surface area contributed by atoms with Crippen molar-refractivity contribution >= 4 is 21.9 Å². The fraction of sp³-hybridized carbons (Fsp3) is 0.125. The monoisotopic (exact) mass is 278 g/mol. The van der Waals surface area contributed by atoms with Crippen LogP contribution < -0.4 is 4.74 Å². The molecule has 0 atom stereocenters. The first-order valence-corrected chi connectivity index (χ1v) is 6.74. The van der Waals surface area contributed by atoms with Gasteiger partial charge in [0.1, 0.15) is 5.75 Å². The first-order chi connectivity index (χ1) is 10.3. The molecule has 5 nitrogen and oxygen atoms in total. The lowest BCUT2D eigenvalue weighted by Gasteiger charge is -2.05. The second kappa shape index (κ2) is 4.34. The number of H-pyrrole nitrogens is 1. The highest BCUT2D eigenvalue weighted by Gasteiger charge is 2.12. The van der Waals surface area contributed by atoms with Crippen molar-refractivity contribution in [3.8, 4) is 11.7 Å². The molecule has 2 aromatic carbocycles. The number of ether oxygens (including phenoxy) is 1. The molecule has 21 heavy (non-hydrogen) atoms. The summed E-state index contributed by atoms with van der Waals surface area (Å²) < 4.78 is 7.18. The van der Waals surface area contributed by atoms with Gasteiger partial charge in [-0.05, 0) is 31.2 Å². The lowest BCUT2D eigenvalue weighted by Crippen LogP contribution is -1.98. The van der Waals surface area contributed by atoms with Crippen molar-refractivity contribution in [3.05, 3.63) is 48.2 Å². The third-order valence-corrected chi connectivity index (χ3v) is 3.77. The third-order valence-electron chi connectivity index (χ3n) is 3.77. The molecule has 5 heteroatoms. The molecule has 0 spiro atoms. The number of aromatic nitrogens is 4. The Morgan fingerprint density at radius 3 is 2.81 bits per heavy atom. The van der Waals surface area contributed by atoms with Crippen LogP contribution in [-0.4, -0.2) is 26.9 Å². The molecule has 0 saturated heterocycles. The number of methoxy groups -OCH3 is 1. The summed E-state index contributed by atoms with van der Waals surface area (Å²) in [5.74, 6) is 1.59. The van der Waals surface area contributed by atoms with E-state index < -0.39 is 0 Å². The standard InChI is InChI=1S/C16H14N4O/c1-10-11-9-17-20(14(11)7-8-15(10)21-2)16-18-12-5-3-4-6-13(12)19-16/h3-9H,1-2H3,(H,18,19). The quantitative estimate of drug-likeness (QED) is 0.612. The maximum Gasteiger partial charge on any atom is 0.229 e. The van der Waals surface area contributed by atoms with Gasteiger partial charge in [-0.15, -0.1) is 0 Å². The minimum absolute atomic E-state index is 0.718. The van der Waals surface area contributed by atoms with Crippen molar-refractivity contribution in [1.82, 2.24) is 19.7 Å². The zero-order valence-electron chi connectivity index (χ0n) is 11.8. The number of nitrogens with zero attached hydrogens (tertiary/aromatic N) is 3. The topological polar surface area (TPSA) is 55.7 Å². The molecule has 0 aliphatic carbocycles. The highest BCUT2D eigenvalue weighted by atomic mass is 16.5. The summed E-state index contributed by atoms with van der Waals surface area (Å²) in [4.78, 5) is 7.89. The summed E-state index contributed by atoms with van der Waals surface area (Å²) in [5, 5.41) is 5.53. The van der Waals surface area contributed by atoms with Crippen LogP contribution in [0.2, 0.25) is 0 Å². The van der Waals surface area contributed by atoms with Gasteiger partial charge in [0, 0.05) is 10.9 Å². The SMILES string of the molecule is COc1ccc2c(cnn2-c2nc3ccccc3[nH]2)c1C. The molecule has 0 aliphatic rings. The van der Waals surface area contributed by atoms with Crippen molar-refractivity contribution in [3.63, 3.8) is 0 Å². The van der Waals surface area contributed by atoms with Gasteiger partial charge >= 0.3 is 0 Å². The molecule has 0 unspecified atom stereocenters. The maximum absolute atomic E-state index is 5.36. The first-order valence-electron chi connectivity index (χ1n) is 6.74. The molecule has 4 rings (SSSR count). The zero-order valence-corrected chi connectivity index (χ0v) is 11.8. The second-order valence-corrected chi connectivity index (χ2v) is 4.96. The second-order valence-electron chi connectivity index (χ2n) is 4.96. The molecule has 1 N–H and O–H groups in total. The van der Waals surface area contributed by atoms with Crippen molar-refractivity contribution < 1.29 is 4.74 Å². The number of aromatic amines is 1. The summed E-state index contributed by atoms with van der Waals surface area (Å²) in [7, 11) is 1.68. The minimum atomic E-state index is 0.718. The molecule has 0 fully saturated rings. The van der Waals surface area contributed by atoms with Crippen LogP contribution in [-0.2, 0) is 0 Å². The van der Waals surface area contributed by atoms with Crippen LogP contribution >= 0.6 is 0 Å². The molecular weight excluding hydrogens is 264 g/mol. The van der Waals surface area contributed by atoms with Gasteiger partial charge in [-0.3, -0.25) is 0 Å². The maximum atomic E-state index is 5.36. The van der Waals surface area contributed by atoms with E-state index in [4.69, 9.17) is 4.74 Å². The Balaban J connectivity index is 1.96. The molecule has 4 aromatic rings. The van der Waals surface area contributed by atoms with Crippen LogP contribution in [0, 0.1) is 6.92 Å². The van der Waals surface area contributed by atoms with Crippen LogP contribution in [0.25, 0.3) is 27.9 Å². The molecule has 104 valence electrons. The van der Waals surface area contributed by atoms with Crippen molar-refractivity contribution in [2.45, 2.75) is 6.92 Å². The smallest absolute Gasteiger partial charge is 0.229 e. The summed E-state index contributed by atoms with van der Waals surface area (Å²) >= 11 is 0. The number of hydrogen-bond donors (Lipinski definition) is 1. The van der Waals surface area contributed by atoms with Crippen LogP contribution in [0.1, 0.15) is 5.56 Å². The fourth-order valence-electron chi connectivity index (χ4n) is 2.65. The van der Waals surface area contributed by atoms with E-state index in [1.807, 2.05) is 54.2 Å². The van der Waals surface area contributed by atoms with E-state index >= 15 is 0 Å². The predicted octanol–water partition coefficient (Wildman–Crippen LogP) is 3.22. The molecule has 2 heterocycles. The normalized spacial score (nSPS) is 11.3. The third kappa shape index (κ3) is 1.71. The fourth-order valence-corrected chi connectivity index (χ4v) is 2.65. The van der Waals surface area contributed by atoms with Crippen LogP contribution in [0.15, 0.2) is 42.6 Å². The minimum Gasteiger partial charge on any atom is -0.496 e. The van der Waals surface area contributed by atoms with Crippen molar-refractivity contribution in [1.29, 1.82) is 0 Å². The Labute approximate surface area is 121 Å². The summed E-state index contributed by atoms with van der Waals surface area (Å²) in [6.07, 6.45) is 1.85. The van der Waals surface area contributed by atoms with Gasteiger partial charge < -0.3 is 9.72 Å². The number of nitrogens with one attached hydrogen (secondary N) is 1. The highest BCUT2D eigenvalue weighted by molar-refractivity contribution is 5.86. The first kappa shape index (κ1) is 12.0. The lowest BCUT2D eigenvalue weighted by molar-refractivity contribution is 0.412. The van der Waals surface area contributed by atoms with E-state index in [1.165, 1.54) is 0 Å². The average Bonchev–Trinajstić information content (AvgIpc) is 3.11. The molecule has 0 bridgehead atoms. The number of benzene rings is 2. The van der Waals surface area contributed by atoms with Crippen LogP contribution in [0.5, 0.6) is 5.75 Å². The largest absolute Gasteiger partial charge is 0.496 e. The number of imidazole rings is 1. The Morgan fingerprint density at radius 1 is 1.14 bits per heavy atom. The van der Waals surface area contributed by atoms with E-state index in [0.29, 0.717) is 0 Å². The average molecular weight is 278 g/mol. The van der Waals surface area contributed by atoms with Gasteiger partial charge in [-0.25, -0.2) is 4.98 Å². The number of para-hydroxylation sites is 2. The van der Waals surface area contributed by atoms with Crippen molar-refractivity contribution in [2.75, 3.05) is 7.11 Å². The highest BCUT2D eigenvalue weighted by Crippen LogP contribution is 2.28. The van der Waals surface area contributed by atoms with Crippen molar-refractivity contribution in [2.24, 2.45) is 0 Å². The van der Waals surface area contributed by atoms with E-state index in [9.17, 15) is 0 Å². The molecule has 0 radical (unpaired) electrons. The summed E-state index contributed by atoms with van der Waals surface area (Å²) in [6.45, 7) is 2.03. The number of aryl methyl sites for hydroxylation is 1. The van der Waals surface area contributed by atoms with Gasteiger partial charge in [-0.1, -0.05) is 12.1 Å². The van der Waals surface area contributed by atoms with E-state index in [-0.39, 0.29) is 0 Å². The Kier molecular flexibility index (Phi) is 2.47. The Hall–Kier alpha value is -2.82. The Bertz CT molecular complexity index is 918. The van der Waals surface area contributed by atoms with Gasteiger partial charge in [-0.2, -0.15) is 9.78 Å². The zero-order chi connectivity index (χ0) is 14.4. The summed E-state index contributed by atoms with van der Waals surface area (Å²) in [5.41, 5.74) is 4.02. The van der Waals surface area contributed by atoms with E-state index in [0.717, 1.165) is 39.2 Å². The van der Waals surface area contributed by atoms with Gasteiger partial charge in [0.25, 0.3) is 0 Å². The predicted molar refractivity (Wildman–Crippen MR) is 82.0 cm³/mol. The number of hydrogen-bond acceptors (Lipinski definition) is 3. The van der Waals surface area contributed by atoms with E-state index in [1.54, 1.807) is 7.11 Å². The van der Waals surface area contributed by atoms with Gasteiger partial charge in [0.15, 0.2) is 0 Å². The number of rotatable bonds is 2. The van der Waals surface area contributed by atoms with Gasteiger partial charge in [0.05, 0.1) is 29.9 Å². The van der Waals surface area contributed by atoms with Crippen LogP contribution in [0.3, 0.4) is 0 Å². The summed E-state index contributed by atoms with van der Waals surface area (Å²) in [6, 6.07) is 11.9. The molecule has 0 amide bonds. The van der Waals surface area contributed by atoms with Gasteiger partial charge in [0.2, 0.25) is 5.95 Å². The van der Waals surface area contributed by atoms with E-state index in [2.05, 4.69) is 15.1 Å². The molecular formula is C16H14N4O. The molecule has 2 aromatic heterocycles. The molecule has 0 saturated carbocycles. The number of fused-ring (bicyclic) bond motifs is 2. The lowest BCUT2D eigenvalue weighted by atomic mass is 10.1. The van der Waals surface area contributed by atoms with Crippen LogP contribution in [0.4, 0.5) is 0 Å². The Morgan fingerprint density at radius 2 is 2.00 bits per heavy atom.